The molecule has 0 aromatic heterocycles. The molecule has 0 aromatic rings. The highest BCUT2D eigenvalue weighted by Gasteiger charge is 2.17. The van der Waals surface area contributed by atoms with Gasteiger partial charge in [-0.15, -0.1) is 0 Å². The summed E-state index contributed by atoms with van der Waals surface area (Å²) in [6.07, 6.45) is 1.11. The fraction of sp³-hybridized carbons (Fsp3) is 0.833. The largest absolute Gasteiger partial charge is 0.444 e. The molecule has 3 amide bonds. The molecule has 1 fully saturated rings. The van der Waals surface area contributed by atoms with E-state index in [1.165, 1.54) is 0 Å². The fourth-order valence-electron chi connectivity index (χ4n) is 1.54. The summed E-state index contributed by atoms with van der Waals surface area (Å²) < 4.78 is 10.3. The van der Waals surface area contributed by atoms with E-state index in [1.807, 2.05) is 0 Å². The highest BCUT2D eigenvalue weighted by molar-refractivity contribution is 5.74. The molecular weight excluding hydrogens is 250 g/mol. The molecule has 0 aliphatic carbocycles. The molecule has 19 heavy (non-hydrogen) atoms. The van der Waals surface area contributed by atoms with Crippen LogP contribution in [-0.4, -0.2) is 43.6 Å². The van der Waals surface area contributed by atoms with E-state index < -0.39 is 11.7 Å². The first-order valence-electron chi connectivity index (χ1n) is 6.49. The van der Waals surface area contributed by atoms with Crippen LogP contribution in [0.3, 0.4) is 0 Å². The first-order valence-corrected chi connectivity index (χ1v) is 6.49. The quantitative estimate of drug-likeness (QED) is 0.665. The van der Waals surface area contributed by atoms with Crippen LogP contribution in [0.5, 0.6) is 0 Å². The number of alkyl carbamates (subject to hydrolysis) is 1. The van der Waals surface area contributed by atoms with E-state index in [4.69, 9.17) is 9.47 Å². The van der Waals surface area contributed by atoms with E-state index in [1.54, 1.807) is 20.8 Å². The van der Waals surface area contributed by atoms with E-state index in [0.717, 1.165) is 12.8 Å². The Kier molecular flexibility index (Phi) is 5.88. The molecule has 1 atom stereocenters. The van der Waals surface area contributed by atoms with Gasteiger partial charge in [-0.3, -0.25) is 0 Å². The number of urea groups is 1. The predicted molar refractivity (Wildman–Crippen MR) is 69.7 cm³/mol. The van der Waals surface area contributed by atoms with Gasteiger partial charge < -0.3 is 25.4 Å². The van der Waals surface area contributed by atoms with Gasteiger partial charge in [0.15, 0.2) is 0 Å². The SMILES string of the molecule is CC(C)(C)OC(=O)NCCNC(=O)NC1CCCO1. The lowest BCUT2D eigenvalue weighted by Gasteiger charge is -2.19. The zero-order chi connectivity index (χ0) is 14.3. The van der Waals surface area contributed by atoms with Crippen LogP contribution in [0.4, 0.5) is 9.59 Å². The van der Waals surface area contributed by atoms with Crippen molar-refractivity contribution in [1.82, 2.24) is 16.0 Å². The minimum absolute atomic E-state index is 0.196. The fourth-order valence-corrected chi connectivity index (χ4v) is 1.54. The summed E-state index contributed by atoms with van der Waals surface area (Å²) in [6.45, 7) is 6.70. The normalized spacial score (nSPS) is 18.8. The lowest BCUT2D eigenvalue weighted by molar-refractivity contribution is 0.0527. The molecule has 0 aromatic carbocycles. The third kappa shape index (κ3) is 7.50. The lowest BCUT2D eigenvalue weighted by atomic mass is 10.2. The molecular formula is C12H23N3O4. The van der Waals surface area contributed by atoms with Crippen LogP contribution in [0.25, 0.3) is 0 Å². The monoisotopic (exact) mass is 273 g/mol. The van der Waals surface area contributed by atoms with Gasteiger partial charge in [0, 0.05) is 19.7 Å². The molecule has 0 bridgehead atoms. The van der Waals surface area contributed by atoms with E-state index in [-0.39, 0.29) is 12.3 Å². The maximum Gasteiger partial charge on any atom is 0.407 e. The maximum absolute atomic E-state index is 11.4. The summed E-state index contributed by atoms with van der Waals surface area (Å²) in [6, 6.07) is -0.294. The summed E-state index contributed by atoms with van der Waals surface area (Å²) in [5.74, 6) is 0. The van der Waals surface area contributed by atoms with Crippen molar-refractivity contribution in [2.24, 2.45) is 0 Å². The van der Waals surface area contributed by atoms with E-state index in [9.17, 15) is 9.59 Å². The first-order chi connectivity index (χ1) is 8.87. The summed E-state index contributed by atoms with van der Waals surface area (Å²) in [5, 5.41) is 7.87. The minimum Gasteiger partial charge on any atom is -0.444 e. The Bertz CT molecular complexity index is 309. The smallest absolute Gasteiger partial charge is 0.407 e. The Balaban J connectivity index is 2.03. The van der Waals surface area contributed by atoms with Gasteiger partial charge in [-0.25, -0.2) is 9.59 Å². The van der Waals surface area contributed by atoms with Crippen LogP contribution < -0.4 is 16.0 Å². The zero-order valence-electron chi connectivity index (χ0n) is 11.7. The van der Waals surface area contributed by atoms with Crippen LogP contribution in [0.2, 0.25) is 0 Å². The molecule has 1 saturated heterocycles. The first kappa shape index (κ1) is 15.6. The molecule has 1 aliphatic heterocycles. The van der Waals surface area contributed by atoms with Crippen molar-refractivity contribution in [3.05, 3.63) is 0 Å². The van der Waals surface area contributed by atoms with Crippen molar-refractivity contribution in [2.45, 2.75) is 45.4 Å². The van der Waals surface area contributed by atoms with Crippen molar-refractivity contribution in [2.75, 3.05) is 19.7 Å². The van der Waals surface area contributed by atoms with E-state index >= 15 is 0 Å². The lowest BCUT2D eigenvalue weighted by Crippen LogP contribution is -2.44. The molecule has 1 heterocycles. The third-order valence-corrected chi connectivity index (χ3v) is 2.30. The van der Waals surface area contributed by atoms with Gasteiger partial charge >= 0.3 is 12.1 Å². The van der Waals surface area contributed by atoms with Crippen LogP contribution in [-0.2, 0) is 9.47 Å². The number of nitrogens with one attached hydrogen (secondary N) is 3. The molecule has 3 N–H and O–H groups in total. The Morgan fingerprint density at radius 1 is 1.26 bits per heavy atom. The van der Waals surface area contributed by atoms with Crippen molar-refractivity contribution in [3.63, 3.8) is 0 Å². The molecule has 0 saturated carbocycles. The maximum atomic E-state index is 11.4. The van der Waals surface area contributed by atoms with Crippen LogP contribution in [0.1, 0.15) is 33.6 Å². The molecule has 1 aliphatic rings. The highest BCUT2D eigenvalue weighted by Crippen LogP contribution is 2.08. The van der Waals surface area contributed by atoms with E-state index in [2.05, 4.69) is 16.0 Å². The zero-order valence-corrected chi connectivity index (χ0v) is 11.7. The summed E-state index contributed by atoms with van der Waals surface area (Å²) in [7, 11) is 0. The van der Waals surface area contributed by atoms with Gasteiger partial charge in [0.05, 0.1) is 0 Å². The molecule has 1 rings (SSSR count). The third-order valence-electron chi connectivity index (χ3n) is 2.30. The Morgan fingerprint density at radius 2 is 1.95 bits per heavy atom. The van der Waals surface area contributed by atoms with Gasteiger partial charge in [0.2, 0.25) is 0 Å². The second-order valence-electron chi connectivity index (χ2n) is 5.33. The van der Waals surface area contributed by atoms with Gasteiger partial charge in [0.25, 0.3) is 0 Å². The molecule has 7 heteroatoms. The van der Waals surface area contributed by atoms with Gasteiger partial charge in [-0.05, 0) is 33.6 Å². The molecule has 110 valence electrons. The highest BCUT2D eigenvalue weighted by atomic mass is 16.6. The minimum atomic E-state index is -0.519. The van der Waals surface area contributed by atoms with Crippen molar-refractivity contribution in [1.29, 1.82) is 0 Å². The Labute approximate surface area is 113 Å². The van der Waals surface area contributed by atoms with Gasteiger partial charge in [0.1, 0.15) is 11.8 Å². The average Bonchev–Trinajstić information content (AvgIpc) is 2.74. The predicted octanol–water partition coefficient (Wildman–Crippen LogP) is 0.947. The molecule has 1 unspecified atom stereocenters. The molecule has 0 spiro atoms. The average molecular weight is 273 g/mol. The second kappa shape index (κ2) is 7.18. The Hall–Kier alpha value is -1.50. The van der Waals surface area contributed by atoms with Crippen molar-refractivity contribution in [3.8, 4) is 0 Å². The molecule has 7 nitrogen and oxygen atoms in total. The number of carbonyl (C=O) groups is 2. The van der Waals surface area contributed by atoms with Crippen molar-refractivity contribution >= 4 is 12.1 Å². The summed E-state index contributed by atoms with van der Waals surface area (Å²) in [4.78, 5) is 22.7. The Morgan fingerprint density at radius 3 is 2.53 bits per heavy atom. The van der Waals surface area contributed by atoms with E-state index in [0.29, 0.717) is 19.7 Å². The second-order valence-corrected chi connectivity index (χ2v) is 5.33. The van der Waals surface area contributed by atoms with Crippen LogP contribution >= 0.6 is 0 Å². The van der Waals surface area contributed by atoms with Gasteiger partial charge in [-0.1, -0.05) is 0 Å². The summed E-state index contributed by atoms with van der Waals surface area (Å²) in [5.41, 5.74) is -0.519. The number of carbonyl (C=O) groups excluding carboxylic acids is 2. The summed E-state index contributed by atoms with van der Waals surface area (Å²) >= 11 is 0. The van der Waals surface area contributed by atoms with Gasteiger partial charge in [-0.2, -0.15) is 0 Å². The van der Waals surface area contributed by atoms with Crippen molar-refractivity contribution < 1.29 is 19.1 Å². The van der Waals surface area contributed by atoms with Crippen LogP contribution in [0, 0.1) is 0 Å². The molecule has 0 radical (unpaired) electrons. The number of hydrogen-bond acceptors (Lipinski definition) is 4. The number of hydrogen-bond donors (Lipinski definition) is 3. The standard InChI is InChI=1S/C12H23N3O4/c1-12(2,3)19-11(17)14-7-6-13-10(16)15-9-5-4-8-18-9/h9H,4-8H2,1-3H3,(H,14,17)(H2,13,15,16). The topological polar surface area (TPSA) is 88.7 Å². The number of ether oxygens (including phenoxy) is 2. The van der Waals surface area contributed by atoms with Crippen LogP contribution in [0.15, 0.2) is 0 Å². The number of amides is 3. The number of rotatable bonds is 4.